The van der Waals surface area contributed by atoms with Crippen LogP contribution in [0.2, 0.25) is 0 Å². The van der Waals surface area contributed by atoms with Gasteiger partial charge in [0.05, 0.1) is 17.3 Å². The number of carbonyl (C=O) groups excluding carboxylic acids is 3. The van der Waals surface area contributed by atoms with Gasteiger partial charge in [-0.3, -0.25) is 14.4 Å². The van der Waals surface area contributed by atoms with Crippen LogP contribution in [-0.2, 0) is 20.8 Å². The minimum atomic E-state index is -1.54. The molecule has 0 spiro atoms. The van der Waals surface area contributed by atoms with Crippen molar-refractivity contribution in [2.75, 3.05) is 26.7 Å². The monoisotopic (exact) mass is 560 g/mol. The van der Waals surface area contributed by atoms with Gasteiger partial charge in [-0.15, -0.1) is 0 Å². The number of carboxylic acid groups (broad SMARTS) is 1. The smallest absolute Gasteiger partial charge is 0.405 e. The fourth-order valence-corrected chi connectivity index (χ4v) is 5.08. The van der Waals surface area contributed by atoms with Crippen LogP contribution in [0.15, 0.2) is 59.7 Å². The first kappa shape index (κ1) is 29.1. The molecule has 2 aromatic rings. The van der Waals surface area contributed by atoms with Crippen molar-refractivity contribution in [1.29, 1.82) is 5.26 Å². The Morgan fingerprint density at radius 1 is 1.17 bits per heavy atom. The zero-order valence-corrected chi connectivity index (χ0v) is 23.1. The summed E-state index contributed by atoms with van der Waals surface area (Å²) in [6.45, 7) is 2.82. The average Bonchev–Trinajstić information content (AvgIpc) is 3.19. The second-order valence-electron chi connectivity index (χ2n) is 10.7. The van der Waals surface area contributed by atoms with Crippen molar-refractivity contribution in [3.8, 4) is 11.8 Å². The van der Waals surface area contributed by atoms with E-state index in [0.717, 1.165) is 5.56 Å². The number of piperidine rings is 1. The number of nitrogens with zero attached hydrogens (tertiary/aromatic N) is 4. The van der Waals surface area contributed by atoms with Crippen LogP contribution >= 0.6 is 0 Å². The molecule has 2 aliphatic heterocycles. The van der Waals surface area contributed by atoms with Gasteiger partial charge in [-0.1, -0.05) is 30.3 Å². The minimum absolute atomic E-state index is 0.0583. The van der Waals surface area contributed by atoms with Crippen LogP contribution in [0.3, 0.4) is 0 Å². The maximum absolute atomic E-state index is 14.0. The van der Waals surface area contributed by atoms with Crippen LogP contribution in [-0.4, -0.2) is 82.9 Å². The number of rotatable bonds is 9. The number of hydrazone groups is 1. The Labute approximate surface area is 237 Å². The minimum Gasteiger partial charge on any atom is -0.491 e. The predicted octanol–water partition coefficient (Wildman–Crippen LogP) is 1.76. The Balaban J connectivity index is 1.59. The first-order chi connectivity index (χ1) is 19.4. The lowest BCUT2D eigenvalue weighted by molar-refractivity contribution is -0.143. The van der Waals surface area contributed by atoms with E-state index in [2.05, 4.69) is 15.7 Å². The van der Waals surface area contributed by atoms with Gasteiger partial charge in [0.2, 0.25) is 11.8 Å². The Bertz CT molecular complexity index is 1400. The summed E-state index contributed by atoms with van der Waals surface area (Å²) in [5.41, 5.74) is -0.524. The first-order valence-electron chi connectivity index (χ1n) is 13.1. The SMILES string of the molecule is CN1N=C2CCN(C(=O)[C@@H](COc3ccc(C#N)cc3)NC(=O)C(C)(C)NC(=O)O)C[C@@]2(Cc2ccccc2)C1=O. The molecule has 41 heavy (non-hydrogen) atoms. The fourth-order valence-electron chi connectivity index (χ4n) is 5.08. The summed E-state index contributed by atoms with van der Waals surface area (Å²) in [5, 5.41) is 28.8. The third-order valence-electron chi connectivity index (χ3n) is 7.26. The molecule has 1 saturated heterocycles. The number of benzene rings is 2. The summed E-state index contributed by atoms with van der Waals surface area (Å²) < 4.78 is 5.81. The van der Waals surface area contributed by atoms with E-state index in [-0.39, 0.29) is 25.6 Å². The summed E-state index contributed by atoms with van der Waals surface area (Å²) in [6, 6.07) is 16.6. The molecule has 0 aliphatic carbocycles. The fraction of sp³-hybridized carbons (Fsp3) is 0.379. The lowest BCUT2D eigenvalue weighted by Gasteiger charge is -2.40. The number of nitrogens with one attached hydrogen (secondary N) is 2. The van der Waals surface area contributed by atoms with Crippen LogP contribution in [0, 0.1) is 16.7 Å². The molecule has 2 heterocycles. The van der Waals surface area contributed by atoms with Crippen LogP contribution in [0.1, 0.15) is 31.4 Å². The number of fused-ring (bicyclic) bond motifs is 1. The molecule has 214 valence electrons. The standard InChI is InChI=1S/C29H32N6O6/c1-28(2,32-27(39)40)25(37)31-22(17-41-21-11-9-20(16-30)10-12-21)24(36)35-14-13-23-29(18-35,26(38)34(3)33-23)15-19-7-5-4-6-8-19/h4-12,22,32H,13-15,17-18H2,1-3H3,(H,31,37)(H,39,40)/t22-,29-/m1/s1. The van der Waals surface area contributed by atoms with E-state index in [1.165, 1.54) is 23.8 Å². The molecule has 2 aliphatic rings. The highest BCUT2D eigenvalue weighted by molar-refractivity contribution is 6.13. The zero-order chi connectivity index (χ0) is 29.8. The number of amides is 4. The summed E-state index contributed by atoms with van der Waals surface area (Å²) in [4.78, 5) is 53.3. The normalized spacial score (nSPS) is 19.0. The molecule has 1 fully saturated rings. The molecule has 12 nitrogen and oxygen atoms in total. The Hall–Kier alpha value is -4.92. The third kappa shape index (κ3) is 6.30. The number of likely N-dealkylation sites (tertiary alicyclic amines) is 1. The quantitative estimate of drug-likeness (QED) is 0.420. The number of hydrogen-bond acceptors (Lipinski definition) is 7. The lowest BCUT2D eigenvalue weighted by atomic mass is 9.73. The third-order valence-corrected chi connectivity index (χ3v) is 7.26. The van der Waals surface area contributed by atoms with Crippen molar-refractivity contribution < 1.29 is 29.0 Å². The molecule has 12 heteroatoms. The van der Waals surface area contributed by atoms with Gasteiger partial charge in [0.1, 0.15) is 29.4 Å². The summed E-state index contributed by atoms with van der Waals surface area (Å²) in [6.07, 6.45) is -0.664. The predicted molar refractivity (Wildman–Crippen MR) is 148 cm³/mol. The molecule has 2 atom stereocenters. The van der Waals surface area contributed by atoms with Crippen molar-refractivity contribution in [2.24, 2.45) is 10.5 Å². The van der Waals surface area contributed by atoms with E-state index in [9.17, 15) is 19.2 Å². The Morgan fingerprint density at radius 2 is 1.85 bits per heavy atom. The summed E-state index contributed by atoms with van der Waals surface area (Å²) >= 11 is 0. The van der Waals surface area contributed by atoms with E-state index in [4.69, 9.17) is 15.1 Å². The second-order valence-corrected chi connectivity index (χ2v) is 10.7. The molecule has 0 radical (unpaired) electrons. The number of hydrogen-bond donors (Lipinski definition) is 3. The maximum atomic E-state index is 14.0. The molecule has 0 aromatic heterocycles. The number of carbonyl (C=O) groups is 4. The molecule has 0 unspecified atom stereocenters. The van der Waals surface area contributed by atoms with Crippen molar-refractivity contribution in [3.05, 3.63) is 65.7 Å². The van der Waals surface area contributed by atoms with Gasteiger partial charge in [-0.05, 0) is 50.1 Å². The van der Waals surface area contributed by atoms with Crippen molar-refractivity contribution in [2.45, 2.75) is 38.3 Å². The largest absolute Gasteiger partial charge is 0.491 e. The molecule has 2 aromatic carbocycles. The molecule has 4 amide bonds. The van der Waals surface area contributed by atoms with E-state index in [1.807, 2.05) is 36.4 Å². The molecular formula is C29H32N6O6. The molecule has 4 rings (SSSR count). The average molecular weight is 561 g/mol. The summed E-state index contributed by atoms with van der Waals surface area (Å²) in [7, 11) is 1.60. The van der Waals surface area contributed by atoms with Crippen molar-refractivity contribution >= 4 is 29.5 Å². The zero-order valence-electron chi connectivity index (χ0n) is 23.1. The Kier molecular flexibility index (Phi) is 8.28. The first-order valence-corrected chi connectivity index (χ1v) is 13.1. The van der Waals surface area contributed by atoms with E-state index in [1.54, 1.807) is 31.3 Å². The van der Waals surface area contributed by atoms with Gasteiger partial charge in [0.25, 0.3) is 5.91 Å². The highest BCUT2D eigenvalue weighted by Crippen LogP contribution is 2.38. The van der Waals surface area contributed by atoms with Gasteiger partial charge < -0.3 is 25.4 Å². The van der Waals surface area contributed by atoms with Gasteiger partial charge >= 0.3 is 6.09 Å². The van der Waals surface area contributed by atoms with E-state index >= 15 is 0 Å². The van der Waals surface area contributed by atoms with Crippen LogP contribution in [0.5, 0.6) is 5.75 Å². The maximum Gasteiger partial charge on any atom is 0.405 e. The number of ether oxygens (including phenoxy) is 1. The van der Waals surface area contributed by atoms with Gasteiger partial charge in [0, 0.05) is 26.6 Å². The Morgan fingerprint density at radius 3 is 2.49 bits per heavy atom. The lowest BCUT2D eigenvalue weighted by Crippen LogP contribution is -2.62. The van der Waals surface area contributed by atoms with Crippen molar-refractivity contribution in [3.63, 3.8) is 0 Å². The molecular weight excluding hydrogens is 528 g/mol. The van der Waals surface area contributed by atoms with Crippen LogP contribution < -0.4 is 15.4 Å². The highest BCUT2D eigenvalue weighted by atomic mass is 16.5. The summed E-state index contributed by atoms with van der Waals surface area (Å²) in [5.74, 6) is -1.04. The topological polar surface area (TPSA) is 164 Å². The van der Waals surface area contributed by atoms with Crippen molar-refractivity contribution in [1.82, 2.24) is 20.5 Å². The van der Waals surface area contributed by atoms with E-state index in [0.29, 0.717) is 29.9 Å². The second kappa shape index (κ2) is 11.7. The van der Waals surface area contributed by atoms with Crippen LogP contribution in [0.25, 0.3) is 0 Å². The molecule has 0 saturated carbocycles. The number of nitriles is 1. The van der Waals surface area contributed by atoms with Gasteiger partial charge in [0.15, 0.2) is 0 Å². The van der Waals surface area contributed by atoms with Gasteiger partial charge in [-0.2, -0.15) is 10.4 Å². The molecule has 3 N–H and O–H groups in total. The van der Waals surface area contributed by atoms with E-state index < -0.39 is 34.9 Å². The highest BCUT2D eigenvalue weighted by Gasteiger charge is 2.54. The van der Waals surface area contributed by atoms with Gasteiger partial charge in [-0.25, -0.2) is 9.80 Å². The molecule has 0 bridgehead atoms. The van der Waals surface area contributed by atoms with Crippen LogP contribution in [0.4, 0.5) is 4.79 Å².